The second-order valence-electron chi connectivity index (χ2n) is 8.99. The molecule has 1 fully saturated rings. The van der Waals surface area contributed by atoms with Gasteiger partial charge in [0.05, 0.1) is 12.1 Å². The summed E-state index contributed by atoms with van der Waals surface area (Å²) >= 11 is 6.22. The van der Waals surface area contributed by atoms with E-state index in [1.165, 1.54) is 17.7 Å². The van der Waals surface area contributed by atoms with Crippen molar-refractivity contribution >= 4 is 40.9 Å². The number of nitrogens with one attached hydrogen (secondary N) is 1. The van der Waals surface area contributed by atoms with Gasteiger partial charge < -0.3 is 25.3 Å². The highest BCUT2D eigenvalue weighted by Gasteiger charge is 2.38. The summed E-state index contributed by atoms with van der Waals surface area (Å²) in [5.74, 6) is -3.38. The summed E-state index contributed by atoms with van der Waals surface area (Å²) in [6, 6.07) is 18.8. The predicted molar refractivity (Wildman–Crippen MR) is 148 cm³/mol. The summed E-state index contributed by atoms with van der Waals surface area (Å²) in [6.07, 6.45) is -5.08. The molecule has 0 aromatic heterocycles. The number of halogens is 5. The molecule has 1 saturated heterocycles. The fraction of sp³-hybridized carbons (Fsp3) is 0.250. The first-order valence-electron chi connectivity index (χ1n) is 12.3. The quantitative estimate of drug-likeness (QED) is 0.192. The summed E-state index contributed by atoms with van der Waals surface area (Å²) in [5.41, 5.74) is 4.02. The molecule has 8 nitrogen and oxygen atoms in total. The van der Waals surface area contributed by atoms with Gasteiger partial charge >= 0.3 is 18.1 Å². The molecule has 1 aliphatic heterocycles. The first-order valence-corrected chi connectivity index (χ1v) is 12.7. The van der Waals surface area contributed by atoms with E-state index in [0.717, 1.165) is 37.4 Å². The van der Waals surface area contributed by atoms with Gasteiger partial charge in [-0.25, -0.2) is 19.0 Å². The average Bonchev–Trinajstić information content (AvgIpc) is 2.93. The maximum Gasteiger partial charge on any atom is 0.490 e. The van der Waals surface area contributed by atoms with Gasteiger partial charge in [0.15, 0.2) is 5.96 Å². The van der Waals surface area contributed by atoms with E-state index in [2.05, 4.69) is 22.0 Å². The molecule has 1 aliphatic rings. The summed E-state index contributed by atoms with van der Waals surface area (Å²) in [5, 5.41) is 20.5. The van der Waals surface area contributed by atoms with Gasteiger partial charge in [0.1, 0.15) is 5.82 Å². The fourth-order valence-corrected chi connectivity index (χ4v) is 4.08. The Balaban J connectivity index is 0.000000587. The van der Waals surface area contributed by atoms with Gasteiger partial charge in [-0.15, -0.1) is 0 Å². The maximum atomic E-state index is 13.3. The van der Waals surface area contributed by atoms with Gasteiger partial charge in [0.2, 0.25) is 0 Å². The molecule has 0 atom stereocenters. The number of hydrogen-bond donors (Lipinski definition) is 3. The lowest BCUT2D eigenvalue weighted by Gasteiger charge is -2.38. The van der Waals surface area contributed by atoms with E-state index < -0.39 is 18.1 Å². The zero-order valence-electron chi connectivity index (χ0n) is 21.8. The minimum Gasteiger partial charge on any atom is -0.478 e. The molecule has 13 heteroatoms. The van der Waals surface area contributed by atoms with E-state index >= 15 is 0 Å². The second-order valence-corrected chi connectivity index (χ2v) is 9.42. The lowest BCUT2D eigenvalue weighted by atomic mass is 10.1. The Kier molecular flexibility index (Phi) is 10.5. The van der Waals surface area contributed by atoms with Crippen molar-refractivity contribution in [1.82, 2.24) is 4.90 Å². The van der Waals surface area contributed by atoms with Crippen LogP contribution in [0.1, 0.15) is 21.5 Å². The minimum atomic E-state index is -5.08. The highest BCUT2D eigenvalue weighted by Crippen LogP contribution is 2.25. The lowest BCUT2D eigenvalue weighted by Crippen LogP contribution is -2.51. The van der Waals surface area contributed by atoms with Crippen LogP contribution in [-0.4, -0.2) is 65.4 Å². The van der Waals surface area contributed by atoms with Crippen molar-refractivity contribution in [3.63, 3.8) is 0 Å². The molecule has 0 amide bonds. The monoisotopic (exact) mass is 594 g/mol. The van der Waals surface area contributed by atoms with Gasteiger partial charge in [-0.1, -0.05) is 35.9 Å². The number of alkyl halides is 3. The van der Waals surface area contributed by atoms with Gasteiger partial charge in [-0.3, -0.25) is 0 Å². The first-order chi connectivity index (χ1) is 19.3. The van der Waals surface area contributed by atoms with Gasteiger partial charge in [0.25, 0.3) is 0 Å². The normalized spacial score (nSPS) is 13.8. The van der Waals surface area contributed by atoms with Crippen molar-refractivity contribution in [2.45, 2.75) is 19.6 Å². The van der Waals surface area contributed by atoms with Crippen molar-refractivity contribution in [1.29, 1.82) is 0 Å². The molecular weight excluding hydrogens is 568 g/mol. The van der Waals surface area contributed by atoms with Crippen LogP contribution in [-0.2, 0) is 11.3 Å². The number of guanidine groups is 1. The molecule has 41 heavy (non-hydrogen) atoms. The van der Waals surface area contributed by atoms with Gasteiger partial charge in [0, 0.05) is 42.6 Å². The Hall–Kier alpha value is -4.32. The van der Waals surface area contributed by atoms with Crippen LogP contribution in [0, 0.1) is 12.7 Å². The number of aryl methyl sites for hydroxylation is 1. The van der Waals surface area contributed by atoms with Crippen molar-refractivity contribution in [2.75, 3.05) is 36.4 Å². The zero-order chi connectivity index (χ0) is 30.2. The number of aromatic carboxylic acids is 1. The molecule has 0 spiro atoms. The van der Waals surface area contributed by atoms with Crippen LogP contribution in [0.2, 0.25) is 5.02 Å². The van der Waals surface area contributed by atoms with E-state index in [4.69, 9.17) is 26.5 Å². The third-order valence-electron chi connectivity index (χ3n) is 6.02. The fourth-order valence-electron chi connectivity index (χ4n) is 3.92. The van der Waals surface area contributed by atoms with Crippen LogP contribution >= 0.6 is 11.6 Å². The van der Waals surface area contributed by atoms with Crippen molar-refractivity contribution in [3.8, 4) is 0 Å². The number of piperazine rings is 1. The van der Waals surface area contributed by atoms with Crippen LogP contribution in [0.15, 0.2) is 71.7 Å². The molecule has 0 aliphatic carbocycles. The van der Waals surface area contributed by atoms with E-state index in [-0.39, 0.29) is 11.4 Å². The van der Waals surface area contributed by atoms with E-state index in [1.54, 1.807) is 30.3 Å². The predicted octanol–water partition coefficient (Wildman–Crippen LogP) is 5.91. The summed E-state index contributed by atoms with van der Waals surface area (Å²) in [7, 11) is 0. The smallest absolute Gasteiger partial charge is 0.478 e. The minimum absolute atomic E-state index is 0.198. The number of anilines is 2. The third kappa shape index (κ3) is 9.38. The topological polar surface area (TPSA) is 105 Å². The Labute approximate surface area is 238 Å². The van der Waals surface area contributed by atoms with Crippen molar-refractivity contribution in [3.05, 3.63) is 94.3 Å². The first kappa shape index (κ1) is 31.2. The molecule has 4 rings (SSSR count). The highest BCUT2D eigenvalue weighted by molar-refractivity contribution is 6.30. The van der Waals surface area contributed by atoms with E-state index in [9.17, 15) is 27.5 Å². The van der Waals surface area contributed by atoms with Gasteiger partial charge in [-0.2, -0.15) is 13.2 Å². The molecule has 1 heterocycles. The lowest BCUT2D eigenvalue weighted by molar-refractivity contribution is -0.192. The van der Waals surface area contributed by atoms with Crippen LogP contribution < -0.4 is 10.2 Å². The van der Waals surface area contributed by atoms with Crippen LogP contribution in [0.5, 0.6) is 0 Å². The number of aliphatic imine (C=N–C) groups is 1. The summed E-state index contributed by atoms with van der Waals surface area (Å²) < 4.78 is 45.0. The zero-order valence-corrected chi connectivity index (χ0v) is 22.6. The second kappa shape index (κ2) is 13.8. The van der Waals surface area contributed by atoms with Crippen molar-refractivity contribution in [2.24, 2.45) is 4.99 Å². The Morgan fingerprint density at radius 1 is 0.976 bits per heavy atom. The molecule has 3 N–H and O–H groups in total. The molecular formula is C28H27ClF4N4O4. The number of rotatable bonds is 5. The van der Waals surface area contributed by atoms with E-state index in [1.807, 2.05) is 24.3 Å². The Bertz CT molecular complexity index is 1390. The number of hydrogen-bond acceptors (Lipinski definition) is 4. The molecule has 0 radical (unpaired) electrons. The highest BCUT2D eigenvalue weighted by atomic mass is 35.5. The number of carboxylic acids is 2. The molecule has 3 aromatic rings. The summed E-state index contributed by atoms with van der Waals surface area (Å²) in [6.45, 7) is 5.46. The van der Waals surface area contributed by atoms with Crippen molar-refractivity contribution < 1.29 is 37.4 Å². The third-order valence-corrected chi connectivity index (χ3v) is 6.26. The number of carbonyl (C=O) groups is 2. The molecule has 0 unspecified atom stereocenters. The van der Waals surface area contributed by atoms with Crippen LogP contribution in [0.4, 0.5) is 28.9 Å². The summed E-state index contributed by atoms with van der Waals surface area (Å²) in [4.78, 5) is 29.5. The Morgan fingerprint density at radius 2 is 1.61 bits per heavy atom. The standard InChI is InChI=1S/C26H26ClFN4O2.C2HF3O2/c1-18-5-8-21(27)16-24(18)31-11-13-32(14-12-31)26(29-17-19-6-9-22(28)10-7-19)30-23-4-2-3-20(15-23)25(33)34;3-2(4,5)1(6)7/h2-10,15-16H,11-14,17H2,1H3,(H,29,30)(H,33,34);(H,6,7). The number of benzene rings is 3. The van der Waals surface area contributed by atoms with Crippen LogP contribution in [0.3, 0.4) is 0 Å². The van der Waals surface area contributed by atoms with Crippen LogP contribution in [0.25, 0.3) is 0 Å². The van der Waals surface area contributed by atoms with E-state index in [0.29, 0.717) is 23.2 Å². The average molecular weight is 595 g/mol. The largest absolute Gasteiger partial charge is 0.490 e. The number of carboxylic acid groups (broad SMARTS) is 2. The molecule has 0 saturated carbocycles. The molecule has 218 valence electrons. The molecule has 0 bridgehead atoms. The molecule has 3 aromatic carbocycles. The SMILES string of the molecule is Cc1ccc(Cl)cc1N1CCN(C(=NCc2ccc(F)cc2)Nc2cccc(C(=O)O)c2)CC1.O=C(O)C(F)(F)F. The van der Waals surface area contributed by atoms with Gasteiger partial charge in [-0.05, 0) is 60.5 Å². The Morgan fingerprint density at radius 3 is 2.20 bits per heavy atom. The number of aliphatic carboxylic acids is 1. The number of nitrogens with zero attached hydrogens (tertiary/aromatic N) is 3. The maximum absolute atomic E-state index is 13.3.